The second-order valence-electron chi connectivity index (χ2n) is 8.20. The Labute approximate surface area is 194 Å². The Morgan fingerprint density at radius 1 is 1.03 bits per heavy atom. The lowest BCUT2D eigenvalue weighted by Gasteiger charge is -2.41. The zero-order valence-electron chi connectivity index (χ0n) is 18.0. The summed E-state index contributed by atoms with van der Waals surface area (Å²) in [5.74, 6) is 0. The fraction of sp³-hybridized carbons (Fsp3) is 0.435. The van der Waals surface area contributed by atoms with Crippen LogP contribution in [0.5, 0.6) is 0 Å². The predicted octanol–water partition coefficient (Wildman–Crippen LogP) is 3.28. The van der Waals surface area contributed by atoms with Crippen LogP contribution < -0.4 is 0 Å². The van der Waals surface area contributed by atoms with E-state index in [0.29, 0.717) is 10.7 Å². The van der Waals surface area contributed by atoms with Gasteiger partial charge in [0.15, 0.2) is 11.3 Å². The molecule has 2 heterocycles. The van der Waals surface area contributed by atoms with Crippen molar-refractivity contribution in [2.75, 3.05) is 14.1 Å². The summed E-state index contributed by atoms with van der Waals surface area (Å²) in [5, 5.41) is 21.4. The van der Waals surface area contributed by atoms with Gasteiger partial charge in [-0.2, -0.15) is 13.2 Å². The number of hydrogen-bond donors (Lipinski definition) is 2. The summed E-state index contributed by atoms with van der Waals surface area (Å²) < 4.78 is 52.5. The Balaban J connectivity index is 1.47. The number of aliphatic hydroxyl groups excluding tert-OH is 2. The van der Waals surface area contributed by atoms with Crippen LogP contribution in [0.3, 0.4) is 0 Å². The first-order valence-corrected chi connectivity index (χ1v) is 11.3. The van der Waals surface area contributed by atoms with E-state index in [1.54, 1.807) is 31.1 Å². The van der Waals surface area contributed by atoms with Gasteiger partial charge < -0.3 is 24.6 Å². The van der Waals surface area contributed by atoms with Crippen LogP contribution in [0.25, 0.3) is 11.1 Å². The molecule has 0 spiro atoms. The molecule has 6 nitrogen and oxygen atoms in total. The number of halogens is 3. The van der Waals surface area contributed by atoms with Gasteiger partial charge >= 0.3 is 6.18 Å². The minimum Gasteiger partial charge on any atom is -0.388 e. The highest BCUT2D eigenvalue weighted by atomic mass is 32.2. The number of alkyl halides is 3. The predicted molar refractivity (Wildman–Crippen MR) is 120 cm³/mol. The van der Waals surface area contributed by atoms with Gasteiger partial charge in [-0.1, -0.05) is 66.4 Å². The van der Waals surface area contributed by atoms with E-state index in [-0.39, 0.29) is 6.61 Å². The van der Waals surface area contributed by atoms with Gasteiger partial charge in [-0.25, -0.2) is 0 Å². The molecule has 6 unspecified atom stereocenters. The third kappa shape index (κ3) is 5.20. The van der Waals surface area contributed by atoms with Gasteiger partial charge in [-0.15, -0.1) is 0 Å². The van der Waals surface area contributed by atoms with E-state index < -0.39 is 42.1 Å². The third-order valence-corrected chi connectivity index (χ3v) is 6.89. The Hall–Kier alpha value is -2.11. The standard InChI is InChI=1S/C23H25F3N2O4S/c1-28(2)22-27-16-17(29)18(30)19(32-21(16)33-22)20(23(24,25)26)31-12-13-8-10-15(11-9-13)14-6-4-3-5-7-14/h3-11,16-21,29-30H,12H2,1-2H3. The summed E-state index contributed by atoms with van der Waals surface area (Å²) in [6, 6.07) is 15.8. The van der Waals surface area contributed by atoms with Crippen molar-refractivity contribution in [3.63, 3.8) is 0 Å². The first-order valence-electron chi connectivity index (χ1n) is 10.4. The Morgan fingerprint density at radius 2 is 1.67 bits per heavy atom. The smallest absolute Gasteiger partial charge is 0.388 e. The van der Waals surface area contributed by atoms with E-state index in [1.807, 2.05) is 42.5 Å². The fourth-order valence-corrected chi connectivity index (χ4v) is 4.97. The molecule has 2 aliphatic heterocycles. The van der Waals surface area contributed by atoms with Crippen molar-refractivity contribution in [2.45, 2.75) is 48.7 Å². The molecule has 178 valence electrons. The number of amidine groups is 1. The number of fused-ring (bicyclic) bond motifs is 1. The van der Waals surface area contributed by atoms with Gasteiger partial charge in [-0.05, 0) is 16.7 Å². The summed E-state index contributed by atoms with van der Waals surface area (Å²) in [6.45, 7) is -0.331. The van der Waals surface area contributed by atoms with Crippen LogP contribution in [0.15, 0.2) is 59.6 Å². The van der Waals surface area contributed by atoms with Crippen molar-refractivity contribution >= 4 is 16.9 Å². The molecule has 0 aliphatic carbocycles. The summed E-state index contributed by atoms with van der Waals surface area (Å²) in [6.07, 6.45) is -12.3. The Bertz CT molecular complexity index is 972. The lowest BCUT2D eigenvalue weighted by atomic mass is 9.94. The number of aliphatic imine (C=N–C) groups is 1. The average Bonchev–Trinajstić information content (AvgIpc) is 3.22. The van der Waals surface area contributed by atoms with E-state index in [0.717, 1.165) is 22.9 Å². The molecule has 2 N–H and O–H groups in total. The molecule has 2 aromatic rings. The Morgan fingerprint density at radius 3 is 2.27 bits per heavy atom. The molecule has 4 rings (SSSR count). The molecule has 0 aromatic heterocycles. The van der Waals surface area contributed by atoms with Crippen molar-refractivity contribution in [1.82, 2.24) is 4.90 Å². The normalized spacial score (nSPS) is 28.2. The average molecular weight is 483 g/mol. The second kappa shape index (κ2) is 9.63. The maximum atomic E-state index is 13.9. The molecule has 1 fully saturated rings. The first-order chi connectivity index (χ1) is 15.6. The molecule has 10 heteroatoms. The zero-order chi connectivity index (χ0) is 23.8. The molecule has 0 bridgehead atoms. The highest BCUT2D eigenvalue weighted by Gasteiger charge is 2.57. The van der Waals surface area contributed by atoms with Crippen LogP contribution in [0.2, 0.25) is 0 Å². The van der Waals surface area contributed by atoms with Crippen LogP contribution in [0.1, 0.15) is 5.56 Å². The van der Waals surface area contributed by atoms with Crippen LogP contribution in [0, 0.1) is 0 Å². The monoisotopic (exact) mass is 482 g/mol. The van der Waals surface area contributed by atoms with Gasteiger partial charge in [0.2, 0.25) is 0 Å². The SMILES string of the molecule is CN(C)C1=NC2C(OC(C(OCc3ccc(-c4ccccc4)cc3)C(F)(F)F)C(O)C2O)S1. The quantitative estimate of drug-likeness (QED) is 0.682. The molecule has 0 saturated carbocycles. The third-order valence-electron chi connectivity index (χ3n) is 5.58. The van der Waals surface area contributed by atoms with Crippen LogP contribution in [0.4, 0.5) is 13.2 Å². The summed E-state index contributed by atoms with van der Waals surface area (Å²) >= 11 is 1.11. The molecule has 1 saturated heterocycles. The molecule has 6 atom stereocenters. The van der Waals surface area contributed by atoms with Crippen molar-refractivity contribution in [2.24, 2.45) is 4.99 Å². The van der Waals surface area contributed by atoms with Gasteiger partial charge in [0.25, 0.3) is 0 Å². The van der Waals surface area contributed by atoms with Crippen molar-refractivity contribution < 1.29 is 32.9 Å². The topological polar surface area (TPSA) is 74.5 Å². The van der Waals surface area contributed by atoms with Crippen LogP contribution in [-0.2, 0) is 16.1 Å². The van der Waals surface area contributed by atoms with E-state index in [2.05, 4.69) is 4.99 Å². The number of rotatable bonds is 5. The first kappa shape index (κ1) is 24.0. The summed E-state index contributed by atoms with van der Waals surface area (Å²) in [5.41, 5.74) is 1.63. The number of nitrogens with zero attached hydrogens (tertiary/aromatic N) is 2. The zero-order valence-corrected chi connectivity index (χ0v) is 18.8. The van der Waals surface area contributed by atoms with Gasteiger partial charge in [0.1, 0.15) is 29.8 Å². The highest BCUT2D eigenvalue weighted by molar-refractivity contribution is 8.14. The highest BCUT2D eigenvalue weighted by Crippen LogP contribution is 2.41. The number of aliphatic hydroxyl groups is 2. The van der Waals surface area contributed by atoms with Crippen molar-refractivity contribution in [3.8, 4) is 11.1 Å². The van der Waals surface area contributed by atoms with Gasteiger partial charge in [0, 0.05) is 14.1 Å². The molecule has 33 heavy (non-hydrogen) atoms. The van der Waals surface area contributed by atoms with E-state index in [1.165, 1.54) is 0 Å². The molecule has 2 aliphatic rings. The molecule has 0 amide bonds. The lowest BCUT2D eigenvalue weighted by molar-refractivity contribution is -0.286. The van der Waals surface area contributed by atoms with Crippen LogP contribution in [-0.4, -0.2) is 76.4 Å². The summed E-state index contributed by atoms with van der Waals surface area (Å²) in [4.78, 5) is 5.95. The number of hydrogen-bond acceptors (Lipinski definition) is 7. The minimum absolute atomic E-state index is 0.331. The molecule has 2 aromatic carbocycles. The van der Waals surface area contributed by atoms with E-state index in [4.69, 9.17) is 9.47 Å². The minimum atomic E-state index is -4.81. The maximum absolute atomic E-state index is 13.9. The Kier molecular flexibility index (Phi) is 7.01. The van der Waals surface area contributed by atoms with E-state index in [9.17, 15) is 23.4 Å². The van der Waals surface area contributed by atoms with Gasteiger partial charge in [0.05, 0.1) is 6.61 Å². The lowest BCUT2D eigenvalue weighted by Crippen LogP contribution is -2.61. The molecular weight excluding hydrogens is 457 g/mol. The number of benzene rings is 2. The second-order valence-corrected chi connectivity index (χ2v) is 9.27. The fourth-order valence-electron chi connectivity index (χ4n) is 3.83. The van der Waals surface area contributed by atoms with Gasteiger partial charge in [-0.3, -0.25) is 4.99 Å². The van der Waals surface area contributed by atoms with Crippen LogP contribution >= 0.6 is 11.8 Å². The van der Waals surface area contributed by atoms with E-state index >= 15 is 0 Å². The molecular formula is C23H25F3N2O4S. The summed E-state index contributed by atoms with van der Waals surface area (Å²) in [7, 11) is 3.46. The number of thioether (sulfide) groups is 1. The van der Waals surface area contributed by atoms with Crippen molar-refractivity contribution in [3.05, 3.63) is 60.2 Å². The maximum Gasteiger partial charge on any atom is 0.417 e. The largest absolute Gasteiger partial charge is 0.417 e. The molecule has 0 radical (unpaired) electrons. The number of ether oxygens (including phenoxy) is 2. The van der Waals surface area contributed by atoms with Crippen molar-refractivity contribution in [1.29, 1.82) is 0 Å².